The maximum Gasteiger partial charge on any atom is 0.259 e. The molecule has 0 atom stereocenters. The zero-order chi connectivity index (χ0) is 24.9. The van der Waals surface area contributed by atoms with Gasteiger partial charge in [0.2, 0.25) is 0 Å². The molecule has 0 spiro atoms. The maximum absolute atomic E-state index is 12.7. The molecule has 0 amide bonds. The fourth-order valence-electron chi connectivity index (χ4n) is 4.80. The van der Waals surface area contributed by atoms with Crippen molar-refractivity contribution in [1.29, 1.82) is 5.26 Å². The highest BCUT2D eigenvalue weighted by Gasteiger charge is 2.20. The Hall–Kier alpha value is -4.22. The molecule has 182 valence electrons. The molecule has 4 heterocycles. The second kappa shape index (κ2) is 10.6. The predicted octanol–water partition coefficient (Wildman–Crippen LogP) is 4.83. The number of likely N-dealkylation sites (tertiary alicyclic amines) is 1. The van der Waals surface area contributed by atoms with E-state index in [2.05, 4.69) is 38.4 Å². The minimum Gasteiger partial charge on any atom is -0.495 e. The van der Waals surface area contributed by atoms with Gasteiger partial charge >= 0.3 is 0 Å². The Labute approximate surface area is 209 Å². The van der Waals surface area contributed by atoms with Crippen LogP contribution < -0.4 is 15.6 Å². The van der Waals surface area contributed by atoms with Crippen LogP contribution in [0.25, 0.3) is 22.0 Å². The van der Waals surface area contributed by atoms with Crippen LogP contribution in [0.4, 0.5) is 11.5 Å². The molecule has 1 aromatic carbocycles. The molecule has 36 heavy (non-hydrogen) atoms. The number of aromatic nitrogens is 3. The Morgan fingerprint density at radius 3 is 2.72 bits per heavy atom. The van der Waals surface area contributed by atoms with Gasteiger partial charge < -0.3 is 19.9 Å². The van der Waals surface area contributed by atoms with Gasteiger partial charge in [-0.25, -0.2) is 4.98 Å². The summed E-state index contributed by atoms with van der Waals surface area (Å²) in [7, 11) is 1.60. The molecule has 1 saturated heterocycles. The van der Waals surface area contributed by atoms with E-state index in [0.29, 0.717) is 35.0 Å². The summed E-state index contributed by atoms with van der Waals surface area (Å²) in [6.07, 6.45) is 7.79. The molecule has 5 rings (SSSR count). The number of hydrogen-bond donors (Lipinski definition) is 2. The monoisotopic (exact) mass is 480 g/mol. The molecule has 8 heteroatoms. The molecule has 0 unspecified atom stereocenters. The van der Waals surface area contributed by atoms with Gasteiger partial charge in [-0.15, -0.1) is 0 Å². The molecule has 8 nitrogen and oxygen atoms in total. The van der Waals surface area contributed by atoms with Crippen molar-refractivity contribution >= 4 is 22.3 Å². The number of anilines is 2. The Balaban J connectivity index is 1.40. The maximum atomic E-state index is 12.7. The number of fused-ring (bicyclic) bond motifs is 1. The van der Waals surface area contributed by atoms with Crippen molar-refractivity contribution in [2.24, 2.45) is 0 Å². The van der Waals surface area contributed by atoms with E-state index in [0.717, 1.165) is 49.1 Å². The highest BCUT2D eigenvalue weighted by molar-refractivity contribution is 5.95. The van der Waals surface area contributed by atoms with Crippen LogP contribution in [-0.2, 0) is 0 Å². The summed E-state index contributed by atoms with van der Waals surface area (Å²) >= 11 is 0. The number of aromatic amines is 1. The normalized spacial score (nSPS) is 14.4. The molecule has 0 saturated carbocycles. The lowest BCUT2D eigenvalue weighted by atomic mass is 9.89. The van der Waals surface area contributed by atoms with Gasteiger partial charge in [0.25, 0.3) is 5.56 Å². The first kappa shape index (κ1) is 23.5. The number of H-pyrrole nitrogens is 1. The number of pyridine rings is 3. The molecule has 4 aromatic rings. The minimum atomic E-state index is -0.197. The van der Waals surface area contributed by atoms with Gasteiger partial charge in [-0.2, -0.15) is 5.26 Å². The third-order valence-corrected chi connectivity index (χ3v) is 6.77. The Kier molecular flexibility index (Phi) is 6.92. The van der Waals surface area contributed by atoms with Crippen molar-refractivity contribution in [2.45, 2.75) is 25.2 Å². The van der Waals surface area contributed by atoms with Gasteiger partial charge in [-0.05, 0) is 73.1 Å². The molecule has 0 radical (unpaired) electrons. The summed E-state index contributed by atoms with van der Waals surface area (Å²) in [6, 6.07) is 16.3. The Morgan fingerprint density at radius 2 is 1.97 bits per heavy atom. The van der Waals surface area contributed by atoms with Gasteiger partial charge in [0.15, 0.2) is 0 Å². The van der Waals surface area contributed by atoms with Gasteiger partial charge in [0.1, 0.15) is 11.6 Å². The van der Waals surface area contributed by atoms with E-state index in [9.17, 15) is 4.79 Å². The average molecular weight is 481 g/mol. The topological polar surface area (TPSA) is 107 Å². The van der Waals surface area contributed by atoms with E-state index >= 15 is 0 Å². The average Bonchev–Trinajstić information content (AvgIpc) is 2.92. The van der Waals surface area contributed by atoms with Gasteiger partial charge in [-0.1, -0.05) is 12.1 Å². The second-order valence-corrected chi connectivity index (χ2v) is 9.01. The number of nitrogens with one attached hydrogen (secondary N) is 2. The number of hydrogen-bond acceptors (Lipinski definition) is 7. The van der Waals surface area contributed by atoms with Crippen molar-refractivity contribution in [2.75, 3.05) is 32.1 Å². The van der Waals surface area contributed by atoms with E-state index in [4.69, 9.17) is 15.0 Å². The van der Waals surface area contributed by atoms with Crippen LogP contribution >= 0.6 is 0 Å². The van der Waals surface area contributed by atoms with Crippen LogP contribution in [0.1, 0.15) is 30.7 Å². The number of rotatable bonds is 7. The number of ether oxygens (including phenoxy) is 1. The molecule has 1 aliphatic rings. The molecular weight excluding hydrogens is 452 g/mol. The van der Waals surface area contributed by atoms with E-state index in [-0.39, 0.29) is 5.56 Å². The fourth-order valence-corrected chi connectivity index (χ4v) is 4.80. The van der Waals surface area contributed by atoms with E-state index in [1.54, 1.807) is 25.7 Å². The number of nitrogens with zero attached hydrogens (tertiary/aromatic N) is 4. The van der Waals surface area contributed by atoms with Crippen LogP contribution in [-0.4, -0.2) is 46.6 Å². The highest BCUT2D eigenvalue weighted by atomic mass is 16.5. The first-order valence-electron chi connectivity index (χ1n) is 12.1. The molecular formula is C28H28N6O2. The summed E-state index contributed by atoms with van der Waals surface area (Å²) < 4.78 is 5.32. The van der Waals surface area contributed by atoms with E-state index in [1.165, 1.54) is 5.56 Å². The third-order valence-electron chi connectivity index (χ3n) is 6.77. The SMILES string of the molecule is COc1cncc(-c2cc3cc[nH]c(=O)c3c(Nc3ccc(C4CCN(CCC#N)CC4)cc3)n2)c1. The molecule has 0 bridgehead atoms. The quantitative estimate of drug-likeness (QED) is 0.390. The number of nitriles is 1. The minimum absolute atomic E-state index is 0.197. The summed E-state index contributed by atoms with van der Waals surface area (Å²) in [5.41, 5.74) is 3.48. The predicted molar refractivity (Wildman–Crippen MR) is 141 cm³/mol. The molecule has 1 fully saturated rings. The number of benzene rings is 1. The zero-order valence-corrected chi connectivity index (χ0v) is 20.2. The van der Waals surface area contributed by atoms with Crippen molar-refractivity contribution < 1.29 is 4.74 Å². The summed E-state index contributed by atoms with van der Waals surface area (Å²) in [6.45, 7) is 2.91. The third kappa shape index (κ3) is 5.07. The lowest BCUT2D eigenvalue weighted by molar-refractivity contribution is 0.216. The van der Waals surface area contributed by atoms with E-state index < -0.39 is 0 Å². The largest absolute Gasteiger partial charge is 0.495 e. The van der Waals surface area contributed by atoms with Crippen LogP contribution in [0.2, 0.25) is 0 Å². The summed E-state index contributed by atoms with van der Waals surface area (Å²) in [4.78, 5) is 26.9. The van der Waals surface area contributed by atoms with Gasteiger partial charge in [0.05, 0.1) is 30.5 Å². The van der Waals surface area contributed by atoms with Crippen molar-refractivity contribution in [3.05, 3.63) is 77.0 Å². The summed E-state index contributed by atoms with van der Waals surface area (Å²) in [5, 5.41) is 13.5. The number of piperidine rings is 1. The zero-order valence-electron chi connectivity index (χ0n) is 20.2. The first-order valence-corrected chi connectivity index (χ1v) is 12.1. The summed E-state index contributed by atoms with van der Waals surface area (Å²) in [5.74, 6) is 1.65. The molecule has 0 aliphatic carbocycles. The van der Waals surface area contributed by atoms with Gasteiger partial charge in [0, 0.05) is 36.6 Å². The highest BCUT2D eigenvalue weighted by Crippen LogP contribution is 2.31. The Morgan fingerprint density at radius 1 is 1.17 bits per heavy atom. The number of methoxy groups -OCH3 is 1. The fraction of sp³-hybridized carbons (Fsp3) is 0.286. The first-order chi connectivity index (χ1) is 17.6. The molecule has 2 N–H and O–H groups in total. The Bertz CT molecular complexity index is 1450. The lowest BCUT2D eigenvalue weighted by Gasteiger charge is -2.31. The lowest BCUT2D eigenvalue weighted by Crippen LogP contribution is -2.33. The van der Waals surface area contributed by atoms with Crippen molar-refractivity contribution in [3.8, 4) is 23.1 Å². The second-order valence-electron chi connectivity index (χ2n) is 9.01. The smallest absolute Gasteiger partial charge is 0.259 e. The standard InChI is InChI=1S/C28H28N6O2/c1-36-24-15-22(17-30-18-24)25-16-21-7-11-31-28(35)26(21)27(33-25)32-23-5-3-19(4-6-23)20-8-13-34(14-9-20)12-2-10-29/h3-7,11,15-18,20H,2,8-9,12-14H2,1H3,(H,31,35)(H,32,33). The van der Waals surface area contributed by atoms with Crippen molar-refractivity contribution in [1.82, 2.24) is 19.9 Å². The van der Waals surface area contributed by atoms with Crippen LogP contribution in [0, 0.1) is 11.3 Å². The molecule has 1 aliphatic heterocycles. The van der Waals surface area contributed by atoms with Crippen LogP contribution in [0.5, 0.6) is 5.75 Å². The molecule has 3 aromatic heterocycles. The van der Waals surface area contributed by atoms with Crippen LogP contribution in [0.15, 0.2) is 65.8 Å². The van der Waals surface area contributed by atoms with Crippen molar-refractivity contribution in [3.63, 3.8) is 0 Å². The van der Waals surface area contributed by atoms with Gasteiger partial charge in [-0.3, -0.25) is 9.78 Å². The van der Waals surface area contributed by atoms with E-state index in [1.807, 2.05) is 30.3 Å². The van der Waals surface area contributed by atoms with Crippen LogP contribution in [0.3, 0.4) is 0 Å².